The van der Waals surface area contributed by atoms with Crippen molar-refractivity contribution < 1.29 is 14.2 Å². The van der Waals surface area contributed by atoms with Crippen LogP contribution in [0.2, 0.25) is 0 Å². The Morgan fingerprint density at radius 2 is 1.71 bits per heavy atom. The molecule has 0 atom stereocenters. The van der Waals surface area contributed by atoms with Gasteiger partial charge in [-0.3, -0.25) is 0 Å². The SMILES string of the molecule is CCn1nnc(CN)c1-c1cc(OC)c(OC)c(OC)c1. The molecule has 1 aromatic carbocycles. The molecule has 0 fully saturated rings. The van der Waals surface area contributed by atoms with E-state index in [1.807, 2.05) is 19.1 Å². The zero-order valence-corrected chi connectivity index (χ0v) is 12.7. The Hall–Kier alpha value is -2.28. The first-order chi connectivity index (χ1) is 10.2. The van der Waals surface area contributed by atoms with Gasteiger partial charge in [-0.1, -0.05) is 5.21 Å². The minimum Gasteiger partial charge on any atom is -0.493 e. The number of ether oxygens (including phenoxy) is 3. The van der Waals surface area contributed by atoms with Crippen LogP contribution in [0.15, 0.2) is 12.1 Å². The second-order valence-electron chi connectivity index (χ2n) is 4.32. The van der Waals surface area contributed by atoms with Crippen LogP contribution in [-0.4, -0.2) is 36.3 Å². The van der Waals surface area contributed by atoms with Crippen molar-refractivity contribution in [2.24, 2.45) is 5.73 Å². The molecule has 0 amide bonds. The molecule has 2 aromatic rings. The first kappa shape index (κ1) is 15.1. The van der Waals surface area contributed by atoms with Gasteiger partial charge < -0.3 is 19.9 Å². The van der Waals surface area contributed by atoms with Crippen molar-refractivity contribution in [3.63, 3.8) is 0 Å². The van der Waals surface area contributed by atoms with Crippen LogP contribution in [0, 0.1) is 0 Å². The van der Waals surface area contributed by atoms with E-state index in [4.69, 9.17) is 19.9 Å². The average molecular weight is 292 g/mol. The standard InChI is InChI=1S/C14H20N4O3/c1-5-18-13(10(8-15)16-17-18)9-6-11(19-2)14(21-4)12(7-9)20-3/h6-7H,5,8,15H2,1-4H3. The van der Waals surface area contributed by atoms with Crippen LogP contribution in [-0.2, 0) is 13.1 Å². The van der Waals surface area contributed by atoms with E-state index in [-0.39, 0.29) is 0 Å². The molecule has 2 N–H and O–H groups in total. The third-order valence-corrected chi connectivity index (χ3v) is 3.24. The van der Waals surface area contributed by atoms with Gasteiger partial charge >= 0.3 is 0 Å². The first-order valence-corrected chi connectivity index (χ1v) is 6.62. The number of hydrogen-bond acceptors (Lipinski definition) is 6. The molecule has 1 aromatic heterocycles. The number of hydrogen-bond donors (Lipinski definition) is 1. The Morgan fingerprint density at radius 3 is 2.14 bits per heavy atom. The summed E-state index contributed by atoms with van der Waals surface area (Å²) in [7, 11) is 4.74. The summed E-state index contributed by atoms with van der Waals surface area (Å²) in [6.07, 6.45) is 0. The Labute approximate surface area is 123 Å². The fraction of sp³-hybridized carbons (Fsp3) is 0.429. The number of aromatic nitrogens is 3. The summed E-state index contributed by atoms with van der Waals surface area (Å²) in [5.41, 5.74) is 8.21. The van der Waals surface area contributed by atoms with Gasteiger partial charge in [0.05, 0.1) is 27.0 Å². The molecule has 0 unspecified atom stereocenters. The lowest BCUT2D eigenvalue weighted by Gasteiger charge is -2.15. The minimum atomic E-state index is 0.312. The van der Waals surface area contributed by atoms with Crippen molar-refractivity contribution in [2.75, 3.05) is 21.3 Å². The summed E-state index contributed by atoms with van der Waals surface area (Å²) in [5.74, 6) is 1.71. The Bertz CT molecular complexity index is 578. The predicted molar refractivity (Wildman–Crippen MR) is 78.7 cm³/mol. The number of methoxy groups -OCH3 is 3. The van der Waals surface area contributed by atoms with Crippen LogP contribution in [0.1, 0.15) is 12.6 Å². The van der Waals surface area contributed by atoms with E-state index in [1.54, 1.807) is 26.0 Å². The molecular weight excluding hydrogens is 272 g/mol. The van der Waals surface area contributed by atoms with Crippen LogP contribution < -0.4 is 19.9 Å². The van der Waals surface area contributed by atoms with Gasteiger partial charge in [0.25, 0.3) is 0 Å². The molecular formula is C14H20N4O3. The van der Waals surface area contributed by atoms with E-state index in [9.17, 15) is 0 Å². The van der Waals surface area contributed by atoms with Crippen LogP contribution in [0.5, 0.6) is 17.2 Å². The summed E-state index contributed by atoms with van der Waals surface area (Å²) >= 11 is 0. The number of nitrogens with zero attached hydrogens (tertiary/aromatic N) is 3. The van der Waals surface area contributed by atoms with Crippen molar-refractivity contribution in [1.82, 2.24) is 15.0 Å². The number of rotatable bonds is 6. The average Bonchev–Trinajstić information content (AvgIpc) is 2.96. The maximum atomic E-state index is 5.75. The van der Waals surface area contributed by atoms with Gasteiger partial charge in [-0.05, 0) is 19.1 Å². The van der Waals surface area contributed by atoms with Gasteiger partial charge in [-0.25, -0.2) is 4.68 Å². The van der Waals surface area contributed by atoms with Gasteiger partial charge in [0.1, 0.15) is 5.69 Å². The van der Waals surface area contributed by atoms with Crippen molar-refractivity contribution in [3.05, 3.63) is 17.8 Å². The van der Waals surface area contributed by atoms with E-state index in [2.05, 4.69) is 10.3 Å². The van der Waals surface area contributed by atoms with Crippen molar-refractivity contribution >= 4 is 0 Å². The second kappa shape index (κ2) is 6.45. The fourth-order valence-electron chi connectivity index (χ4n) is 2.24. The summed E-state index contributed by atoms with van der Waals surface area (Å²) in [6, 6.07) is 3.73. The van der Waals surface area contributed by atoms with Crippen molar-refractivity contribution in [1.29, 1.82) is 0 Å². The molecule has 1 heterocycles. The predicted octanol–water partition coefficient (Wildman–Crippen LogP) is 1.45. The number of aryl methyl sites for hydroxylation is 1. The van der Waals surface area contributed by atoms with E-state index >= 15 is 0 Å². The summed E-state index contributed by atoms with van der Waals surface area (Å²) in [6.45, 7) is 3.00. The monoisotopic (exact) mass is 292 g/mol. The third kappa shape index (κ3) is 2.64. The Kier molecular flexibility index (Phi) is 4.64. The highest BCUT2D eigenvalue weighted by molar-refractivity contribution is 5.70. The molecule has 7 heteroatoms. The molecule has 0 aliphatic carbocycles. The molecule has 0 radical (unpaired) electrons. The maximum Gasteiger partial charge on any atom is 0.203 e. The Balaban J connectivity index is 2.67. The minimum absolute atomic E-state index is 0.312. The third-order valence-electron chi connectivity index (χ3n) is 3.24. The van der Waals surface area contributed by atoms with Crippen molar-refractivity contribution in [2.45, 2.75) is 20.0 Å². The van der Waals surface area contributed by atoms with Gasteiger partial charge in [-0.2, -0.15) is 0 Å². The van der Waals surface area contributed by atoms with Crippen LogP contribution in [0.4, 0.5) is 0 Å². The van der Waals surface area contributed by atoms with E-state index in [0.717, 1.165) is 17.0 Å². The zero-order valence-electron chi connectivity index (χ0n) is 12.7. The lowest BCUT2D eigenvalue weighted by Crippen LogP contribution is -2.04. The van der Waals surface area contributed by atoms with Crippen LogP contribution >= 0.6 is 0 Å². The summed E-state index contributed by atoms with van der Waals surface area (Å²) < 4.78 is 17.9. The van der Waals surface area contributed by atoms with Crippen LogP contribution in [0.25, 0.3) is 11.3 Å². The molecule has 0 aliphatic heterocycles. The van der Waals surface area contributed by atoms with Gasteiger partial charge in [0.15, 0.2) is 11.5 Å². The summed E-state index contributed by atoms with van der Waals surface area (Å²) in [5, 5.41) is 8.22. The highest BCUT2D eigenvalue weighted by atomic mass is 16.5. The molecule has 0 spiro atoms. The Morgan fingerprint density at radius 1 is 1.10 bits per heavy atom. The molecule has 7 nitrogen and oxygen atoms in total. The van der Waals surface area contributed by atoms with E-state index < -0.39 is 0 Å². The normalized spacial score (nSPS) is 10.5. The highest BCUT2D eigenvalue weighted by Crippen LogP contribution is 2.41. The smallest absolute Gasteiger partial charge is 0.203 e. The summed E-state index contributed by atoms with van der Waals surface area (Å²) in [4.78, 5) is 0. The maximum absolute atomic E-state index is 5.75. The first-order valence-electron chi connectivity index (χ1n) is 6.62. The second-order valence-corrected chi connectivity index (χ2v) is 4.32. The molecule has 114 valence electrons. The van der Waals surface area contributed by atoms with E-state index in [0.29, 0.717) is 30.3 Å². The number of nitrogens with two attached hydrogens (primary N) is 1. The molecule has 21 heavy (non-hydrogen) atoms. The zero-order chi connectivity index (χ0) is 15.4. The molecule has 0 aliphatic rings. The fourth-order valence-corrected chi connectivity index (χ4v) is 2.24. The molecule has 0 saturated carbocycles. The quantitative estimate of drug-likeness (QED) is 0.867. The molecule has 2 rings (SSSR count). The topological polar surface area (TPSA) is 84.4 Å². The number of benzene rings is 1. The van der Waals surface area contributed by atoms with Crippen LogP contribution in [0.3, 0.4) is 0 Å². The molecule has 0 saturated heterocycles. The largest absolute Gasteiger partial charge is 0.493 e. The lowest BCUT2D eigenvalue weighted by atomic mass is 10.1. The highest BCUT2D eigenvalue weighted by Gasteiger charge is 2.19. The molecule has 0 bridgehead atoms. The van der Waals surface area contributed by atoms with Gasteiger partial charge in [0.2, 0.25) is 5.75 Å². The van der Waals surface area contributed by atoms with Gasteiger partial charge in [0, 0.05) is 18.7 Å². The lowest BCUT2D eigenvalue weighted by molar-refractivity contribution is 0.324. The van der Waals surface area contributed by atoms with Crippen molar-refractivity contribution in [3.8, 4) is 28.5 Å². The van der Waals surface area contributed by atoms with E-state index in [1.165, 1.54) is 0 Å². The van der Waals surface area contributed by atoms with Gasteiger partial charge in [-0.15, -0.1) is 5.10 Å².